The Labute approximate surface area is 171 Å². The van der Waals surface area contributed by atoms with Crippen molar-refractivity contribution in [3.05, 3.63) is 95.6 Å². The smallest absolute Gasteiger partial charge is 0.169 e. The molecule has 5 nitrogen and oxygen atoms in total. The van der Waals surface area contributed by atoms with Crippen molar-refractivity contribution in [3.8, 4) is 22.5 Å². The maximum Gasteiger partial charge on any atom is 0.169 e. The van der Waals surface area contributed by atoms with Crippen LogP contribution in [0.2, 0.25) is 0 Å². The van der Waals surface area contributed by atoms with Crippen LogP contribution in [0.5, 0.6) is 0 Å². The molecule has 0 bridgehead atoms. The van der Waals surface area contributed by atoms with Gasteiger partial charge in [0.25, 0.3) is 0 Å². The molecule has 2 aromatic heterocycles. The number of imidazole rings is 1. The highest BCUT2D eigenvalue weighted by molar-refractivity contribution is 5.80. The third-order valence-corrected chi connectivity index (χ3v) is 5.01. The Hall–Kier alpha value is -3.87. The highest BCUT2D eigenvalue weighted by atomic mass is 19.2. The number of halogens is 2. The number of pyridine rings is 1. The molecular formula is C23H17F2N5. The summed E-state index contributed by atoms with van der Waals surface area (Å²) in [6.07, 6.45) is 5.19. The first-order chi connectivity index (χ1) is 14.7. The number of nitrogens with one attached hydrogen (secondary N) is 1. The van der Waals surface area contributed by atoms with Gasteiger partial charge in [0.15, 0.2) is 11.6 Å². The van der Waals surface area contributed by atoms with Crippen LogP contribution in [0.3, 0.4) is 0 Å². The highest BCUT2D eigenvalue weighted by Gasteiger charge is 2.20. The van der Waals surface area contributed by atoms with Crippen LogP contribution < -0.4 is 0 Å². The van der Waals surface area contributed by atoms with Crippen molar-refractivity contribution in [2.45, 2.75) is 13.1 Å². The predicted octanol–water partition coefficient (Wildman–Crippen LogP) is 4.77. The third kappa shape index (κ3) is 3.45. The fourth-order valence-corrected chi connectivity index (χ4v) is 3.53. The normalized spacial score (nSPS) is 12.8. The Balaban J connectivity index is 1.36. The lowest BCUT2D eigenvalue weighted by molar-refractivity contribution is 0.265. The van der Waals surface area contributed by atoms with Gasteiger partial charge in [-0.1, -0.05) is 24.3 Å². The van der Waals surface area contributed by atoms with Crippen LogP contribution in [0.15, 0.2) is 72.1 Å². The lowest BCUT2D eigenvalue weighted by Gasteiger charge is -2.21. The van der Waals surface area contributed by atoms with Crippen LogP contribution in [0.25, 0.3) is 22.5 Å². The number of hydrazone groups is 1. The summed E-state index contributed by atoms with van der Waals surface area (Å²) in [5.41, 5.74) is 4.88. The number of nitrogens with zero attached hydrogens (tertiary/aromatic N) is 4. The zero-order valence-electron chi connectivity index (χ0n) is 15.9. The van der Waals surface area contributed by atoms with E-state index in [1.165, 1.54) is 12.1 Å². The molecule has 3 heterocycles. The lowest BCUT2D eigenvalue weighted by Crippen LogP contribution is -2.21. The van der Waals surface area contributed by atoms with Gasteiger partial charge in [-0.3, -0.25) is 9.99 Å². The van der Waals surface area contributed by atoms with Crippen molar-refractivity contribution in [2.24, 2.45) is 5.10 Å². The summed E-state index contributed by atoms with van der Waals surface area (Å²) >= 11 is 0. The average molecular weight is 401 g/mol. The molecule has 7 heteroatoms. The van der Waals surface area contributed by atoms with E-state index >= 15 is 0 Å². The molecule has 148 valence electrons. The number of aromatic nitrogens is 3. The number of H-pyrrole nitrogens is 1. The number of rotatable bonds is 4. The summed E-state index contributed by atoms with van der Waals surface area (Å²) in [5.74, 6) is -1.51. The molecule has 4 aromatic rings. The first kappa shape index (κ1) is 18.2. The van der Waals surface area contributed by atoms with Crippen LogP contribution in [0.4, 0.5) is 8.78 Å². The van der Waals surface area contributed by atoms with E-state index in [-0.39, 0.29) is 5.56 Å². The summed E-state index contributed by atoms with van der Waals surface area (Å²) in [5, 5.41) is 6.36. The van der Waals surface area contributed by atoms with Gasteiger partial charge in [-0.15, -0.1) is 0 Å². The molecule has 1 aliphatic heterocycles. The largest absolute Gasteiger partial charge is 0.340 e. The maximum absolute atomic E-state index is 14.1. The van der Waals surface area contributed by atoms with E-state index in [4.69, 9.17) is 0 Å². The topological polar surface area (TPSA) is 57.2 Å². The molecule has 30 heavy (non-hydrogen) atoms. The second-order valence-electron chi connectivity index (χ2n) is 7.05. The Morgan fingerprint density at radius 1 is 0.967 bits per heavy atom. The minimum Gasteiger partial charge on any atom is -0.340 e. The van der Waals surface area contributed by atoms with Gasteiger partial charge in [-0.25, -0.2) is 13.8 Å². The van der Waals surface area contributed by atoms with E-state index in [0.717, 1.165) is 28.5 Å². The van der Waals surface area contributed by atoms with E-state index < -0.39 is 11.6 Å². The fraction of sp³-hybridized carbons (Fsp3) is 0.0870. The zero-order valence-corrected chi connectivity index (χ0v) is 15.9. The summed E-state index contributed by atoms with van der Waals surface area (Å²) in [7, 11) is 0. The molecule has 2 aromatic carbocycles. The van der Waals surface area contributed by atoms with E-state index in [9.17, 15) is 8.78 Å². The van der Waals surface area contributed by atoms with E-state index in [1.54, 1.807) is 18.6 Å². The Bertz CT molecular complexity index is 1230. The van der Waals surface area contributed by atoms with Gasteiger partial charge in [0.1, 0.15) is 11.5 Å². The molecule has 0 fully saturated rings. The predicted molar refractivity (Wildman–Crippen MR) is 110 cm³/mol. The van der Waals surface area contributed by atoms with Crippen LogP contribution in [0, 0.1) is 11.6 Å². The van der Waals surface area contributed by atoms with Crippen LogP contribution in [-0.2, 0) is 13.1 Å². The molecular weight excluding hydrogens is 384 g/mol. The molecule has 0 saturated heterocycles. The van der Waals surface area contributed by atoms with E-state index in [0.29, 0.717) is 24.6 Å². The molecule has 0 atom stereocenters. The SMILES string of the molecule is Fc1cccc(-c2nc3c([nH]2)CN(Cc2cccc(-c4ccncc4)c2)N=C3)c1F. The van der Waals surface area contributed by atoms with Crippen molar-refractivity contribution in [2.75, 3.05) is 0 Å². The molecule has 1 N–H and O–H groups in total. The molecule has 0 aliphatic carbocycles. The number of hydrogen-bond acceptors (Lipinski definition) is 4. The zero-order chi connectivity index (χ0) is 20.5. The van der Waals surface area contributed by atoms with Crippen molar-refractivity contribution in [1.29, 1.82) is 0 Å². The first-order valence-electron chi connectivity index (χ1n) is 9.49. The quantitative estimate of drug-likeness (QED) is 0.536. The molecule has 0 saturated carbocycles. The van der Waals surface area contributed by atoms with Crippen molar-refractivity contribution in [1.82, 2.24) is 20.0 Å². The van der Waals surface area contributed by atoms with Gasteiger partial charge in [0.05, 0.1) is 30.6 Å². The molecule has 5 rings (SSSR count). The van der Waals surface area contributed by atoms with E-state index in [2.05, 4.69) is 38.3 Å². The third-order valence-electron chi connectivity index (χ3n) is 5.01. The van der Waals surface area contributed by atoms with Gasteiger partial charge in [0.2, 0.25) is 0 Å². The van der Waals surface area contributed by atoms with Gasteiger partial charge < -0.3 is 4.98 Å². The maximum atomic E-state index is 14.1. The second kappa shape index (κ2) is 7.51. The van der Waals surface area contributed by atoms with Crippen LogP contribution >= 0.6 is 0 Å². The molecule has 0 unspecified atom stereocenters. The Kier molecular flexibility index (Phi) is 4.55. The molecule has 0 radical (unpaired) electrons. The number of fused-ring (bicyclic) bond motifs is 1. The average Bonchev–Trinajstić information content (AvgIpc) is 3.19. The van der Waals surface area contributed by atoms with Crippen molar-refractivity contribution >= 4 is 6.21 Å². The van der Waals surface area contributed by atoms with Crippen LogP contribution in [0.1, 0.15) is 17.0 Å². The molecule has 0 amide bonds. The lowest BCUT2D eigenvalue weighted by atomic mass is 10.0. The minimum atomic E-state index is -0.912. The first-order valence-corrected chi connectivity index (χ1v) is 9.49. The monoisotopic (exact) mass is 401 g/mol. The Morgan fingerprint density at radius 3 is 2.67 bits per heavy atom. The fourth-order valence-electron chi connectivity index (χ4n) is 3.53. The summed E-state index contributed by atoms with van der Waals surface area (Å²) in [6.45, 7) is 1.10. The minimum absolute atomic E-state index is 0.106. The Morgan fingerprint density at radius 2 is 1.80 bits per heavy atom. The summed E-state index contributed by atoms with van der Waals surface area (Å²) < 4.78 is 27.7. The van der Waals surface area contributed by atoms with Gasteiger partial charge in [0, 0.05) is 12.4 Å². The second-order valence-corrected chi connectivity index (χ2v) is 7.05. The van der Waals surface area contributed by atoms with Gasteiger partial charge in [-0.05, 0) is 47.0 Å². The number of hydrogen-bond donors (Lipinski definition) is 1. The van der Waals surface area contributed by atoms with Gasteiger partial charge in [-0.2, -0.15) is 5.10 Å². The van der Waals surface area contributed by atoms with Crippen LogP contribution in [-0.4, -0.2) is 26.2 Å². The molecule has 0 spiro atoms. The standard InChI is InChI=1S/C23H17F2N5/c24-19-6-2-5-18(22(19)25)23-28-20-12-27-30(14-21(20)29-23)13-15-3-1-4-17(11-15)16-7-9-26-10-8-16/h1-12H,13-14H2,(H,28,29). The highest BCUT2D eigenvalue weighted by Crippen LogP contribution is 2.26. The number of benzene rings is 2. The molecule has 1 aliphatic rings. The van der Waals surface area contributed by atoms with Gasteiger partial charge >= 0.3 is 0 Å². The van der Waals surface area contributed by atoms with E-state index in [1.807, 2.05) is 23.2 Å². The number of aromatic amines is 1. The van der Waals surface area contributed by atoms with Crippen molar-refractivity contribution < 1.29 is 8.78 Å². The summed E-state index contributed by atoms with van der Waals surface area (Å²) in [6, 6.07) is 16.3. The van der Waals surface area contributed by atoms with Crippen molar-refractivity contribution in [3.63, 3.8) is 0 Å². The summed E-state index contributed by atoms with van der Waals surface area (Å²) in [4.78, 5) is 11.5.